The predicted molar refractivity (Wildman–Crippen MR) is 212 cm³/mol. The number of amides is 1. The molecule has 0 bridgehead atoms. The number of carbonyl (C=O) groups is 2. The Labute approximate surface area is 351 Å². The number of carbonyl (C=O) groups excluding carboxylic acids is 2. The highest BCUT2D eigenvalue weighted by Gasteiger charge is 2.57. The van der Waals surface area contributed by atoms with Gasteiger partial charge in [-0.3, -0.25) is 23.0 Å². The lowest BCUT2D eigenvalue weighted by Crippen LogP contribution is -2.52. The minimum absolute atomic E-state index is 0.0191. The lowest BCUT2D eigenvalue weighted by atomic mass is 10.0. The molecule has 5 heterocycles. The van der Waals surface area contributed by atoms with Crippen molar-refractivity contribution in [2.45, 2.75) is 73.9 Å². The van der Waals surface area contributed by atoms with Crippen molar-refractivity contribution in [3.63, 3.8) is 0 Å². The van der Waals surface area contributed by atoms with Crippen molar-refractivity contribution in [1.29, 1.82) is 0 Å². The molecule has 0 aliphatic carbocycles. The Kier molecular flexibility index (Phi) is 14.7. The first-order valence-corrected chi connectivity index (χ1v) is 21.9. The third kappa shape index (κ3) is 10.8. The summed E-state index contributed by atoms with van der Waals surface area (Å²) in [6.07, 6.45) is -3.71. The molecule has 0 radical (unpaired) electrons. The molecule has 1 unspecified atom stereocenters. The zero-order valence-electron chi connectivity index (χ0n) is 32.6. The summed E-state index contributed by atoms with van der Waals surface area (Å²) in [7, 11) is -10.3. The van der Waals surface area contributed by atoms with Crippen LogP contribution in [0, 0.1) is 0 Å². The Hall–Kier alpha value is -5.01. The third-order valence-electron chi connectivity index (χ3n) is 9.84. The van der Waals surface area contributed by atoms with E-state index >= 15 is 0 Å². The number of phosphoric ester groups is 1. The highest BCUT2D eigenvalue weighted by molar-refractivity contribution is 7.53. The first-order valence-electron chi connectivity index (χ1n) is 18.8. The lowest BCUT2D eigenvalue weighted by molar-refractivity contribution is -0.177. The van der Waals surface area contributed by atoms with E-state index in [1.54, 1.807) is 24.3 Å². The maximum Gasteiger partial charge on any atom is 0.469 e. The molecule has 2 aliphatic rings. The number of imidazole rings is 1. The fraction of sp³-hybridized carbons (Fsp3) is 0.457. The molecule has 4 aromatic rings. The smallest absolute Gasteiger partial charge is 0.453 e. The number of aromatic nitrogens is 6. The molecule has 3 aromatic heterocycles. The van der Waals surface area contributed by atoms with Crippen molar-refractivity contribution in [1.82, 2.24) is 34.4 Å². The first-order chi connectivity index (χ1) is 29.4. The minimum Gasteiger partial charge on any atom is -0.453 e. The molecule has 1 amide bonds. The highest BCUT2D eigenvalue weighted by atomic mass is 31.2. The molecule has 62 heavy (non-hydrogen) atoms. The summed E-state index contributed by atoms with van der Waals surface area (Å²) < 4.78 is 60.6. The van der Waals surface area contributed by atoms with Crippen molar-refractivity contribution in [3.05, 3.63) is 84.0 Å². The molecule has 2 fully saturated rings. The van der Waals surface area contributed by atoms with Gasteiger partial charge in [0, 0.05) is 19.0 Å². The van der Waals surface area contributed by atoms with E-state index in [4.69, 9.17) is 34.9 Å². The largest absolute Gasteiger partial charge is 0.469 e. The van der Waals surface area contributed by atoms with Gasteiger partial charge in [0.25, 0.3) is 0 Å². The van der Waals surface area contributed by atoms with Crippen LogP contribution in [-0.2, 0) is 59.0 Å². The molecule has 6 rings (SSSR count). The van der Waals surface area contributed by atoms with Gasteiger partial charge in [0.2, 0.25) is 11.6 Å². The van der Waals surface area contributed by atoms with Crippen molar-refractivity contribution in [2.24, 2.45) is 0 Å². The number of aliphatic hydroxyl groups is 2. The SMILES string of the molecule is C=CCCC(=O)N[C@@H](COCc1ccccc1)C(=O)O[C@@H]1[C@@H](CCOP(=O)(O)[C@H]2[C@@H](O)[C@H](n3ccc(N)nc3=O)O[C@@H]2COP(=O)(O)O)OC[C@]1(O)n1cnc2c(N)ncnc21. The number of hydrogen-bond donors (Lipinski definition) is 8. The highest BCUT2D eigenvalue weighted by Crippen LogP contribution is 2.56. The van der Waals surface area contributed by atoms with Gasteiger partial charge in [0.15, 0.2) is 29.8 Å². The van der Waals surface area contributed by atoms with Gasteiger partial charge < -0.3 is 65.1 Å². The number of hydrogen-bond acceptors (Lipinski definition) is 19. The van der Waals surface area contributed by atoms with Crippen LogP contribution in [0.1, 0.15) is 31.1 Å². The van der Waals surface area contributed by atoms with E-state index in [1.807, 2.05) is 6.07 Å². The molecule has 2 saturated heterocycles. The van der Waals surface area contributed by atoms with E-state index in [9.17, 15) is 48.4 Å². The topological polar surface area (TPSA) is 367 Å². The summed E-state index contributed by atoms with van der Waals surface area (Å²) in [6, 6.07) is 8.75. The van der Waals surface area contributed by atoms with Crippen molar-refractivity contribution in [2.75, 3.05) is 37.9 Å². The van der Waals surface area contributed by atoms with Gasteiger partial charge in [-0.05, 0) is 18.1 Å². The van der Waals surface area contributed by atoms with Crippen LogP contribution in [0.3, 0.4) is 0 Å². The summed E-state index contributed by atoms with van der Waals surface area (Å²) in [5.74, 6) is -1.81. The van der Waals surface area contributed by atoms with Gasteiger partial charge in [-0.25, -0.2) is 29.1 Å². The second-order valence-corrected chi connectivity index (χ2v) is 17.4. The Morgan fingerprint density at radius 2 is 1.85 bits per heavy atom. The van der Waals surface area contributed by atoms with Gasteiger partial charge in [-0.15, -0.1) is 6.58 Å². The summed E-state index contributed by atoms with van der Waals surface area (Å²) in [5.41, 5.74) is 7.15. The number of nitrogens with one attached hydrogen (secondary N) is 1. The molecule has 0 spiro atoms. The lowest BCUT2D eigenvalue weighted by Gasteiger charge is -2.32. The molecule has 9 atom stereocenters. The number of rotatable bonds is 20. The van der Waals surface area contributed by atoms with Crippen LogP contribution in [0.2, 0.25) is 0 Å². The number of benzene rings is 1. The van der Waals surface area contributed by atoms with Crippen molar-refractivity contribution < 1.29 is 71.6 Å². The van der Waals surface area contributed by atoms with Crippen molar-refractivity contribution >= 4 is 50.1 Å². The normalized spacial score (nSPS) is 25.3. The number of esters is 1. The molecule has 336 valence electrons. The predicted octanol–water partition coefficient (Wildman–Crippen LogP) is -0.801. The number of nitrogen functional groups attached to an aromatic ring is 2. The van der Waals surface area contributed by atoms with E-state index in [2.05, 4.69) is 36.4 Å². The molecule has 2 aliphatic heterocycles. The molecule has 27 heteroatoms. The van der Waals surface area contributed by atoms with E-state index in [0.717, 1.165) is 33.5 Å². The zero-order chi connectivity index (χ0) is 44.8. The summed E-state index contributed by atoms with van der Waals surface area (Å²) in [6.45, 7) is 0.996. The standard InChI is InChI=1S/C35H45N9O16P2/c1-2-3-9-25(45)41-21(15-55-14-20-7-5-4-6-8-20)33(47)60-29-22(56-17-35(29,49)44-19-40-26-30(37)38-18-39-31(26)44)11-13-57-61(50,51)28-23(16-58-62(52,53)54)59-32(27(28)46)43-12-10-24(36)42-34(43)48/h2,4-8,10,12,18-19,21-23,27-29,32,46,49H,1,3,9,11,13-17H2,(H,41,45)(H,50,51)(H2,36,42,48)(H2,37,38,39)(H2,52,53,54)/t21-,22+,23+,27+,28+,29+,32+,35+/m0/s1. The zero-order valence-corrected chi connectivity index (χ0v) is 34.4. The number of nitrogens with zero attached hydrogens (tertiary/aromatic N) is 6. The number of anilines is 2. The summed E-state index contributed by atoms with van der Waals surface area (Å²) in [5, 5.41) is 26.1. The average Bonchev–Trinajstić information content (AvgIpc) is 3.90. The number of nitrogens with two attached hydrogens (primary N) is 2. The minimum atomic E-state index is -5.18. The summed E-state index contributed by atoms with van der Waals surface area (Å²) in [4.78, 5) is 85.2. The van der Waals surface area contributed by atoms with Crippen LogP contribution in [0.25, 0.3) is 11.2 Å². The second kappa shape index (κ2) is 19.6. The van der Waals surface area contributed by atoms with E-state index in [0.29, 0.717) is 6.42 Å². The summed E-state index contributed by atoms with van der Waals surface area (Å²) >= 11 is 0. The Balaban J connectivity index is 1.24. The van der Waals surface area contributed by atoms with Gasteiger partial charge in [0.1, 0.15) is 41.6 Å². The number of allylic oxidation sites excluding steroid dienone is 1. The number of ether oxygens (including phenoxy) is 4. The average molecular weight is 910 g/mol. The van der Waals surface area contributed by atoms with Crippen LogP contribution in [0.15, 0.2) is 72.7 Å². The van der Waals surface area contributed by atoms with Crippen LogP contribution < -0.4 is 22.5 Å². The quantitative estimate of drug-likeness (QED) is 0.0306. The van der Waals surface area contributed by atoms with Gasteiger partial charge in [0.05, 0.1) is 39.4 Å². The fourth-order valence-corrected chi connectivity index (χ4v) is 8.85. The number of aliphatic hydroxyl groups excluding tert-OH is 1. The van der Waals surface area contributed by atoms with E-state index < -0.39 is 107 Å². The van der Waals surface area contributed by atoms with Crippen LogP contribution in [0.4, 0.5) is 11.6 Å². The van der Waals surface area contributed by atoms with Gasteiger partial charge in [-0.1, -0.05) is 36.4 Å². The van der Waals surface area contributed by atoms with Crippen LogP contribution >= 0.6 is 15.4 Å². The van der Waals surface area contributed by atoms with Gasteiger partial charge >= 0.3 is 27.1 Å². The van der Waals surface area contributed by atoms with E-state index in [1.165, 1.54) is 12.1 Å². The second-order valence-electron chi connectivity index (χ2n) is 14.1. The molecular formula is C35H45N9O16P2. The Morgan fingerprint density at radius 3 is 2.56 bits per heavy atom. The van der Waals surface area contributed by atoms with Crippen molar-refractivity contribution in [3.8, 4) is 0 Å². The van der Waals surface area contributed by atoms with Crippen LogP contribution in [-0.4, -0.2) is 128 Å². The number of phosphoric acid groups is 1. The maximum absolute atomic E-state index is 14.0. The monoisotopic (exact) mass is 909 g/mol. The first kappa shape index (κ1) is 46.5. The van der Waals surface area contributed by atoms with Crippen LogP contribution in [0.5, 0.6) is 0 Å². The fourth-order valence-electron chi connectivity index (χ4n) is 6.86. The number of fused-ring (bicyclic) bond motifs is 1. The molecular weight excluding hydrogens is 864 g/mol. The molecule has 10 N–H and O–H groups in total. The Bertz CT molecular complexity index is 2380. The Morgan fingerprint density at radius 1 is 1.10 bits per heavy atom. The third-order valence-corrected chi connectivity index (χ3v) is 12.3. The van der Waals surface area contributed by atoms with Gasteiger partial charge in [-0.2, -0.15) is 4.98 Å². The molecule has 25 nitrogen and oxygen atoms in total. The van der Waals surface area contributed by atoms with E-state index in [-0.39, 0.29) is 42.4 Å². The molecule has 1 aromatic carbocycles. The molecule has 0 saturated carbocycles. The maximum atomic E-state index is 14.0.